The summed E-state index contributed by atoms with van der Waals surface area (Å²) in [5, 5.41) is 0. The Labute approximate surface area is 377 Å². The number of benzene rings is 10. The van der Waals surface area contributed by atoms with E-state index < -0.39 is 0 Å². The van der Waals surface area contributed by atoms with Gasteiger partial charge in [-0.1, -0.05) is 206 Å². The van der Waals surface area contributed by atoms with Crippen LogP contribution in [0.15, 0.2) is 279 Å². The molecule has 0 spiro atoms. The van der Waals surface area contributed by atoms with Gasteiger partial charge in [0, 0.05) is 46.0 Å². The summed E-state index contributed by atoms with van der Waals surface area (Å²) in [5.41, 5.74) is 16.6. The van der Waals surface area contributed by atoms with Gasteiger partial charge >= 0.3 is 0 Å². The van der Waals surface area contributed by atoms with E-state index in [4.69, 9.17) is 0 Å². The first-order valence-electron chi connectivity index (χ1n) is 22.1. The van der Waals surface area contributed by atoms with E-state index in [0.29, 0.717) is 0 Å². The molecule has 0 radical (unpaired) electrons. The summed E-state index contributed by atoms with van der Waals surface area (Å²) >= 11 is 0. The van der Waals surface area contributed by atoms with Gasteiger partial charge in [-0.05, 0) is 117 Å². The van der Waals surface area contributed by atoms with Gasteiger partial charge in [-0.2, -0.15) is 0 Å². The summed E-state index contributed by atoms with van der Waals surface area (Å²) in [6, 6.07) is 100. The lowest BCUT2D eigenvalue weighted by atomic mass is 9.85. The van der Waals surface area contributed by atoms with E-state index in [9.17, 15) is 0 Å². The van der Waals surface area contributed by atoms with Crippen LogP contribution in [0.4, 0.5) is 34.1 Å². The largest absolute Gasteiger partial charge is 0.311 e. The molecule has 0 aliphatic carbocycles. The van der Waals surface area contributed by atoms with Crippen LogP contribution in [0.3, 0.4) is 0 Å². The van der Waals surface area contributed by atoms with Crippen molar-refractivity contribution in [2.24, 2.45) is 0 Å². The Balaban J connectivity index is 0.932. The number of hydrogen-bond donors (Lipinski definition) is 0. The smallest absolute Gasteiger partial charge is 0.0462 e. The number of rotatable bonds is 13. The lowest BCUT2D eigenvalue weighted by molar-refractivity contribution is 0.977. The van der Waals surface area contributed by atoms with Gasteiger partial charge in [-0.15, -0.1) is 0 Å². The van der Waals surface area contributed by atoms with Crippen molar-refractivity contribution in [1.29, 1.82) is 0 Å². The maximum atomic E-state index is 2.33. The van der Waals surface area contributed by atoms with Crippen molar-refractivity contribution in [3.8, 4) is 11.1 Å². The maximum absolute atomic E-state index is 2.33. The van der Waals surface area contributed by atoms with Crippen LogP contribution in [-0.4, -0.2) is 0 Å². The van der Waals surface area contributed by atoms with E-state index in [-0.39, 0.29) is 11.8 Å². The van der Waals surface area contributed by atoms with Gasteiger partial charge in [0.05, 0.1) is 0 Å². The Hall–Kier alpha value is -8.20. The van der Waals surface area contributed by atoms with Crippen LogP contribution in [0.25, 0.3) is 11.1 Å². The molecule has 0 N–H and O–H groups in total. The van der Waals surface area contributed by atoms with E-state index in [1.807, 2.05) is 0 Å². The second-order valence-electron chi connectivity index (χ2n) is 16.1. The van der Waals surface area contributed by atoms with Gasteiger partial charge in [-0.3, -0.25) is 0 Å². The third-order valence-electron chi connectivity index (χ3n) is 12.1. The molecule has 0 unspecified atom stereocenters. The summed E-state index contributed by atoms with van der Waals surface area (Å²) in [7, 11) is 0. The first kappa shape index (κ1) is 39.9. The maximum Gasteiger partial charge on any atom is 0.0462 e. The molecule has 0 aliphatic heterocycles. The fourth-order valence-electron chi connectivity index (χ4n) is 9.02. The minimum Gasteiger partial charge on any atom is -0.311 e. The first-order chi connectivity index (χ1) is 31.8. The average molecular weight is 821 g/mol. The molecule has 10 aromatic rings. The second-order valence-corrected chi connectivity index (χ2v) is 16.1. The highest BCUT2D eigenvalue weighted by Gasteiger charge is 2.20. The molecule has 0 heterocycles. The van der Waals surface area contributed by atoms with Crippen LogP contribution in [0.1, 0.15) is 45.2 Å². The van der Waals surface area contributed by atoms with Gasteiger partial charge in [0.2, 0.25) is 0 Å². The minimum atomic E-state index is 0.144. The van der Waals surface area contributed by atoms with Gasteiger partial charge in [0.25, 0.3) is 0 Å². The van der Waals surface area contributed by atoms with Crippen LogP contribution in [0, 0.1) is 0 Å². The van der Waals surface area contributed by atoms with Crippen molar-refractivity contribution in [2.45, 2.75) is 11.8 Å². The summed E-state index contributed by atoms with van der Waals surface area (Å²) in [5.74, 6) is 0.287. The number of nitrogens with zero attached hydrogens (tertiary/aromatic N) is 2. The molecule has 10 aromatic carbocycles. The molecule has 0 saturated heterocycles. The van der Waals surface area contributed by atoms with Crippen molar-refractivity contribution in [3.05, 3.63) is 312 Å². The van der Waals surface area contributed by atoms with Crippen LogP contribution >= 0.6 is 0 Å². The molecule has 306 valence electrons. The zero-order valence-corrected chi connectivity index (χ0v) is 35.6. The lowest BCUT2D eigenvalue weighted by Crippen LogP contribution is -2.10. The SMILES string of the molecule is c1ccc(C(c2ccccc2)c2ccc(N(c3ccccc3)c3ccc(-c4ccc(N(c5ccccc5)c5ccc(C(c6ccccc6)c6ccccc6)cc5)cc4)cc3)cc2)cc1. The van der Waals surface area contributed by atoms with Gasteiger partial charge in [0.1, 0.15) is 0 Å². The van der Waals surface area contributed by atoms with Crippen molar-refractivity contribution < 1.29 is 0 Å². The van der Waals surface area contributed by atoms with Crippen LogP contribution in [-0.2, 0) is 0 Å². The fourth-order valence-corrected chi connectivity index (χ4v) is 9.02. The monoisotopic (exact) mass is 820 g/mol. The van der Waals surface area contributed by atoms with Crippen LogP contribution in [0.5, 0.6) is 0 Å². The van der Waals surface area contributed by atoms with E-state index in [0.717, 1.165) is 45.3 Å². The van der Waals surface area contributed by atoms with Gasteiger partial charge in [-0.25, -0.2) is 0 Å². The Kier molecular flexibility index (Phi) is 11.7. The van der Waals surface area contributed by atoms with Gasteiger partial charge in [0.15, 0.2) is 0 Å². The predicted octanol–water partition coefficient (Wildman–Crippen LogP) is 16.7. The molecule has 64 heavy (non-hydrogen) atoms. The van der Waals surface area contributed by atoms with Crippen LogP contribution < -0.4 is 9.80 Å². The molecule has 0 bridgehead atoms. The number of para-hydroxylation sites is 2. The molecule has 2 nitrogen and oxygen atoms in total. The first-order valence-corrected chi connectivity index (χ1v) is 22.1. The topological polar surface area (TPSA) is 6.48 Å². The molecule has 0 atom stereocenters. The zero-order valence-electron chi connectivity index (χ0n) is 35.6. The molecule has 10 rings (SSSR count). The van der Waals surface area contributed by atoms with Gasteiger partial charge < -0.3 is 9.80 Å². The molecular weight excluding hydrogens is 773 g/mol. The molecule has 0 fully saturated rings. The summed E-state index contributed by atoms with van der Waals surface area (Å²) < 4.78 is 0. The summed E-state index contributed by atoms with van der Waals surface area (Å²) in [6.07, 6.45) is 0. The average Bonchev–Trinajstić information content (AvgIpc) is 3.38. The molecule has 2 heteroatoms. The molecule has 0 aliphatic rings. The molecule has 0 amide bonds. The van der Waals surface area contributed by atoms with Crippen molar-refractivity contribution in [1.82, 2.24) is 0 Å². The Morgan fingerprint density at radius 2 is 0.359 bits per heavy atom. The fraction of sp³-hybridized carbons (Fsp3) is 0.0323. The zero-order chi connectivity index (χ0) is 42.9. The molecule has 0 aromatic heterocycles. The van der Waals surface area contributed by atoms with E-state index in [1.54, 1.807) is 0 Å². The predicted molar refractivity (Wildman–Crippen MR) is 269 cm³/mol. The standard InChI is InChI=1S/C62H48N2/c1-7-19-49(20-8-1)61(50-21-9-2-10-22-50)53-35-43-59(44-36-53)63(55-27-15-5-16-28-55)57-39-31-47(32-40-57)48-33-41-58(42-34-48)64(56-29-17-6-18-30-56)60-45-37-54(38-46-60)62(51-23-11-3-12-24-51)52-25-13-4-14-26-52/h1-46,61-62H. The third kappa shape index (κ3) is 8.63. The van der Waals surface area contributed by atoms with Crippen molar-refractivity contribution in [2.75, 3.05) is 9.80 Å². The highest BCUT2D eigenvalue weighted by Crippen LogP contribution is 2.41. The number of anilines is 6. The Morgan fingerprint density at radius 3 is 0.609 bits per heavy atom. The normalized spacial score (nSPS) is 11.1. The molecule has 0 saturated carbocycles. The summed E-state index contributed by atoms with van der Waals surface area (Å²) in [6.45, 7) is 0. The number of hydrogen-bond acceptors (Lipinski definition) is 2. The second kappa shape index (κ2) is 18.8. The minimum absolute atomic E-state index is 0.144. The van der Waals surface area contributed by atoms with E-state index >= 15 is 0 Å². The quantitative estimate of drug-likeness (QED) is 0.107. The molecular formula is C62H48N2. The third-order valence-corrected chi connectivity index (χ3v) is 12.1. The highest BCUT2D eigenvalue weighted by atomic mass is 15.1. The van der Waals surface area contributed by atoms with Crippen LogP contribution in [0.2, 0.25) is 0 Å². The lowest BCUT2D eigenvalue weighted by Gasteiger charge is -2.27. The summed E-state index contributed by atoms with van der Waals surface area (Å²) in [4.78, 5) is 4.67. The highest BCUT2D eigenvalue weighted by molar-refractivity contribution is 5.81. The van der Waals surface area contributed by atoms with E-state index in [1.165, 1.54) is 33.4 Å². The van der Waals surface area contributed by atoms with Crippen molar-refractivity contribution in [3.63, 3.8) is 0 Å². The Morgan fingerprint density at radius 1 is 0.172 bits per heavy atom. The Bertz CT molecular complexity index is 2680. The van der Waals surface area contributed by atoms with E-state index in [2.05, 4.69) is 289 Å². The van der Waals surface area contributed by atoms with Crippen molar-refractivity contribution >= 4 is 34.1 Å².